The number of fused-ring (bicyclic) bond motifs is 1. The molecule has 0 saturated carbocycles. The van der Waals surface area contributed by atoms with Crippen LogP contribution in [0.25, 0.3) is 10.9 Å². The van der Waals surface area contributed by atoms with Crippen molar-refractivity contribution in [2.45, 2.75) is 19.0 Å². The van der Waals surface area contributed by atoms with Crippen LogP contribution in [0.15, 0.2) is 60.8 Å². The van der Waals surface area contributed by atoms with Gasteiger partial charge in [0.2, 0.25) is 5.91 Å². The highest BCUT2D eigenvalue weighted by atomic mass is 16.5. The van der Waals surface area contributed by atoms with Gasteiger partial charge < -0.3 is 19.7 Å². The molecule has 134 valence electrons. The van der Waals surface area contributed by atoms with Crippen LogP contribution < -0.4 is 10.1 Å². The normalized spacial score (nSPS) is 11.9. The number of carbonyl (C=O) groups excluding carboxylic acids is 1. The molecule has 26 heavy (non-hydrogen) atoms. The summed E-state index contributed by atoms with van der Waals surface area (Å²) in [6.07, 6.45) is 2.03. The number of carbonyl (C=O) groups is 2. The maximum Gasteiger partial charge on any atom is 0.326 e. The number of nitrogens with zero attached hydrogens (tertiary/aromatic N) is 1. The summed E-state index contributed by atoms with van der Waals surface area (Å²) in [4.78, 5) is 23.9. The molecule has 1 atom stereocenters. The first kappa shape index (κ1) is 17.5. The molecule has 6 heteroatoms. The standard InChI is InChI=1S/C20H20N2O4/c1-26-18-9-5-8-17-15(18)10-11-22(17)13-19(23)21-16(20(24)25)12-14-6-3-2-4-7-14/h2-11,16H,12-13H2,1H3,(H,21,23)(H,24,25)/t16-/m0/s1. The number of amides is 1. The number of ether oxygens (including phenoxy) is 1. The van der Waals surface area contributed by atoms with E-state index in [1.165, 1.54) is 0 Å². The van der Waals surface area contributed by atoms with Gasteiger partial charge in [0.05, 0.1) is 12.6 Å². The van der Waals surface area contributed by atoms with Crippen LogP contribution in [0, 0.1) is 0 Å². The fraction of sp³-hybridized carbons (Fsp3) is 0.200. The summed E-state index contributed by atoms with van der Waals surface area (Å²) in [6, 6.07) is 15.7. The Morgan fingerprint density at radius 2 is 1.88 bits per heavy atom. The topological polar surface area (TPSA) is 80.6 Å². The van der Waals surface area contributed by atoms with Crippen LogP contribution in [0.1, 0.15) is 5.56 Å². The molecule has 0 aliphatic carbocycles. The molecule has 6 nitrogen and oxygen atoms in total. The van der Waals surface area contributed by atoms with Gasteiger partial charge in [-0.3, -0.25) is 4.79 Å². The third-order valence-corrected chi connectivity index (χ3v) is 4.22. The summed E-state index contributed by atoms with van der Waals surface area (Å²) in [6.45, 7) is 0.0369. The van der Waals surface area contributed by atoms with Crippen LogP contribution in [0.3, 0.4) is 0 Å². The van der Waals surface area contributed by atoms with Gasteiger partial charge in [-0.05, 0) is 23.8 Å². The van der Waals surface area contributed by atoms with E-state index in [1.807, 2.05) is 54.6 Å². The van der Waals surface area contributed by atoms with Gasteiger partial charge in [-0.2, -0.15) is 0 Å². The zero-order chi connectivity index (χ0) is 18.5. The Bertz CT molecular complexity index is 918. The summed E-state index contributed by atoms with van der Waals surface area (Å²) >= 11 is 0. The Balaban J connectivity index is 1.72. The van der Waals surface area contributed by atoms with Crippen molar-refractivity contribution in [3.63, 3.8) is 0 Å². The van der Waals surface area contributed by atoms with Crippen LogP contribution in [0.2, 0.25) is 0 Å². The maximum absolute atomic E-state index is 12.4. The average Bonchev–Trinajstić information content (AvgIpc) is 3.05. The van der Waals surface area contributed by atoms with E-state index in [0.717, 1.165) is 22.2 Å². The van der Waals surface area contributed by atoms with Crippen molar-refractivity contribution in [2.24, 2.45) is 0 Å². The number of aliphatic carboxylic acids is 1. The minimum Gasteiger partial charge on any atom is -0.496 e. The van der Waals surface area contributed by atoms with E-state index < -0.39 is 12.0 Å². The van der Waals surface area contributed by atoms with Crippen molar-refractivity contribution in [2.75, 3.05) is 7.11 Å². The Morgan fingerprint density at radius 1 is 1.12 bits per heavy atom. The van der Waals surface area contributed by atoms with Crippen LogP contribution in [0.5, 0.6) is 5.75 Å². The van der Waals surface area contributed by atoms with Gasteiger partial charge in [0, 0.05) is 18.0 Å². The largest absolute Gasteiger partial charge is 0.496 e. The molecule has 0 fully saturated rings. The second kappa shape index (κ2) is 7.74. The van der Waals surface area contributed by atoms with Crippen LogP contribution in [0.4, 0.5) is 0 Å². The number of carboxylic acid groups (broad SMARTS) is 1. The zero-order valence-corrected chi connectivity index (χ0v) is 14.4. The SMILES string of the molecule is COc1cccc2c1ccn2CC(=O)N[C@@H](Cc1ccccc1)C(=O)O. The van der Waals surface area contributed by atoms with E-state index in [1.54, 1.807) is 17.9 Å². The van der Waals surface area contributed by atoms with Gasteiger partial charge in [-0.1, -0.05) is 36.4 Å². The van der Waals surface area contributed by atoms with Crippen molar-refractivity contribution >= 4 is 22.8 Å². The van der Waals surface area contributed by atoms with Crippen LogP contribution >= 0.6 is 0 Å². The van der Waals surface area contributed by atoms with Gasteiger partial charge in [0.15, 0.2) is 0 Å². The maximum atomic E-state index is 12.4. The highest BCUT2D eigenvalue weighted by Gasteiger charge is 2.20. The monoisotopic (exact) mass is 352 g/mol. The fourth-order valence-electron chi connectivity index (χ4n) is 2.96. The minimum atomic E-state index is -1.05. The first-order valence-corrected chi connectivity index (χ1v) is 8.26. The summed E-state index contributed by atoms with van der Waals surface area (Å²) < 4.78 is 7.09. The average molecular weight is 352 g/mol. The van der Waals surface area contributed by atoms with Crippen LogP contribution in [-0.4, -0.2) is 34.7 Å². The lowest BCUT2D eigenvalue weighted by Gasteiger charge is -2.15. The van der Waals surface area contributed by atoms with E-state index in [2.05, 4.69) is 5.32 Å². The third kappa shape index (κ3) is 3.85. The summed E-state index contributed by atoms with van der Waals surface area (Å²) in [5.74, 6) is -0.677. The van der Waals surface area contributed by atoms with E-state index in [-0.39, 0.29) is 18.9 Å². The lowest BCUT2D eigenvalue weighted by atomic mass is 10.1. The van der Waals surface area contributed by atoms with Crippen molar-refractivity contribution < 1.29 is 19.4 Å². The Hall–Kier alpha value is -3.28. The van der Waals surface area contributed by atoms with Crippen molar-refractivity contribution in [1.29, 1.82) is 0 Å². The number of carboxylic acids is 1. The molecule has 1 amide bonds. The minimum absolute atomic E-state index is 0.0369. The molecule has 2 N–H and O–H groups in total. The highest BCUT2D eigenvalue weighted by Crippen LogP contribution is 2.26. The third-order valence-electron chi connectivity index (χ3n) is 4.22. The molecule has 0 radical (unpaired) electrons. The molecule has 2 aromatic carbocycles. The molecule has 0 bridgehead atoms. The van der Waals surface area contributed by atoms with Crippen molar-refractivity contribution in [1.82, 2.24) is 9.88 Å². The molecular weight excluding hydrogens is 332 g/mol. The van der Waals surface area contributed by atoms with Gasteiger partial charge in [0.25, 0.3) is 0 Å². The van der Waals surface area contributed by atoms with Gasteiger partial charge >= 0.3 is 5.97 Å². The first-order valence-electron chi connectivity index (χ1n) is 8.26. The van der Waals surface area contributed by atoms with Gasteiger partial charge in [-0.25, -0.2) is 4.79 Å². The van der Waals surface area contributed by atoms with E-state index >= 15 is 0 Å². The molecule has 3 rings (SSSR count). The molecule has 0 unspecified atom stereocenters. The van der Waals surface area contributed by atoms with Gasteiger partial charge in [-0.15, -0.1) is 0 Å². The van der Waals surface area contributed by atoms with E-state index in [9.17, 15) is 14.7 Å². The number of rotatable bonds is 7. The second-order valence-corrected chi connectivity index (χ2v) is 5.98. The number of benzene rings is 2. The number of methoxy groups -OCH3 is 1. The first-order chi connectivity index (χ1) is 12.6. The summed E-state index contributed by atoms with van der Waals surface area (Å²) in [7, 11) is 1.60. The quantitative estimate of drug-likeness (QED) is 0.684. The summed E-state index contributed by atoms with van der Waals surface area (Å²) in [5.41, 5.74) is 1.71. The molecule has 0 saturated heterocycles. The molecule has 1 heterocycles. The molecule has 3 aromatic rings. The Kier molecular flexibility index (Phi) is 5.22. The second-order valence-electron chi connectivity index (χ2n) is 5.98. The van der Waals surface area contributed by atoms with Gasteiger partial charge in [0.1, 0.15) is 18.3 Å². The van der Waals surface area contributed by atoms with E-state index in [0.29, 0.717) is 0 Å². The Morgan fingerprint density at radius 3 is 2.58 bits per heavy atom. The lowest BCUT2D eigenvalue weighted by molar-refractivity contribution is -0.141. The molecule has 1 aromatic heterocycles. The zero-order valence-electron chi connectivity index (χ0n) is 14.4. The predicted octanol–water partition coefficient (Wildman–Crippen LogP) is 2.46. The fourth-order valence-corrected chi connectivity index (χ4v) is 2.96. The molecular formula is C20H20N2O4. The highest BCUT2D eigenvalue weighted by molar-refractivity contribution is 5.89. The molecule has 0 spiro atoms. The number of hydrogen-bond acceptors (Lipinski definition) is 3. The number of hydrogen-bond donors (Lipinski definition) is 2. The van der Waals surface area contributed by atoms with Crippen molar-refractivity contribution in [3.8, 4) is 5.75 Å². The summed E-state index contributed by atoms with van der Waals surface area (Å²) in [5, 5.41) is 12.9. The molecule has 0 aliphatic rings. The molecule has 0 aliphatic heterocycles. The lowest BCUT2D eigenvalue weighted by Crippen LogP contribution is -2.43. The van der Waals surface area contributed by atoms with Crippen LogP contribution in [-0.2, 0) is 22.6 Å². The predicted molar refractivity (Wildman–Crippen MR) is 98.2 cm³/mol. The smallest absolute Gasteiger partial charge is 0.326 e. The van der Waals surface area contributed by atoms with Crippen molar-refractivity contribution in [3.05, 3.63) is 66.4 Å². The van der Waals surface area contributed by atoms with E-state index in [4.69, 9.17) is 4.74 Å². The Labute approximate surface area is 151 Å². The number of nitrogens with one attached hydrogen (secondary N) is 1. The number of aromatic nitrogens is 1.